The molecule has 1 aromatic rings. The lowest BCUT2D eigenvalue weighted by Gasteiger charge is -2.33. The molecule has 0 radical (unpaired) electrons. The molecule has 1 fully saturated rings. The summed E-state index contributed by atoms with van der Waals surface area (Å²) in [6, 6.07) is 2.17. The molecule has 0 amide bonds. The highest BCUT2D eigenvalue weighted by Crippen LogP contribution is 2.30. The van der Waals surface area contributed by atoms with E-state index in [1.165, 1.54) is 16.9 Å². The first-order valence-corrected chi connectivity index (χ1v) is 6.85. The third kappa shape index (κ3) is 2.26. The summed E-state index contributed by atoms with van der Waals surface area (Å²) in [4.78, 5) is 6.98. The molecule has 1 saturated heterocycles. The van der Waals surface area contributed by atoms with Crippen LogP contribution in [0.4, 0.5) is 5.69 Å². The van der Waals surface area contributed by atoms with Gasteiger partial charge in [0.25, 0.3) is 0 Å². The van der Waals surface area contributed by atoms with Crippen molar-refractivity contribution in [1.82, 2.24) is 10.3 Å². The van der Waals surface area contributed by atoms with Crippen LogP contribution in [-0.2, 0) is 12.8 Å². The predicted molar refractivity (Wildman–Crippen MR) is 71.0 cm³/mol. The van der Waals surface area contributed by atoms with Crippen LogP contribution in [-0.4, -0.2) is 36.5 Å². The lowest BCUT2D eigenvalue weighted by Crippen LogP contribution is -2.44. The maximum Gasteiger partial charge on any atom is 0.0470 e. The van der Waals surface area contributed by atoms with E-state index in [9.17, 15) is 0 Å². The molecule has 17 heavy (non-hydrogen) atoms. The predicted octanol–water partition coefficient (Wildman–Crippen LogP) is 1.59. The van der Waals surface area contributed by atoms with E-state index in [1.54, 1.807) is 0 Å². The largest absolute Gasteiger partial charge is 0.369 e. The number of nitrogens with one attached hydrogen (secondary N) is 1. The first-order chi connectivity index (χ1) is 8.34. The Balaban J connectivity index is 1.91. The Morgan fingerprint density at radius 1 is 1.35 bits per heavy atom. The third-order valence-corrected chi connectivity index (χ3v) is 4.07. The summed E-state index contributed by atoms with van der Waals surface area (Å²) < 4.78 is 0. The third-order valence-electron chi connectivity index (χ3n) is 3.70. The van der Waals surface area contributed by atoms with Crippen molar-refractivity contribution in [3.8, 4) is 0 Å². The number of anilines is 1. The number of rotatable bonds is 1. The fraction of sp³-hybridized carbons (Fsp3) is 0.615. The molecule has 2 aliphatic rings. The molecule has 92 valence electrons. The molecule has 1 unspecified atom stereocenters. The maximum atomic E-state index is 6.22. The highest BCUT2D eigenvalue weighted by Gasteiger charge is 2.23. The van der Waals surface area contributed by atoms with E-state index < -0.39 is 0 Å². The van der Waals surface area contributed by atoms with Crippen LogP contribution in [0.15, 0.2) is 12.3 Å². The Morgan fingerprint density at radius 2 is 2.18 bits per heavy atom. The fourth-order valence-electron chi connectivity index (χ4n) is 2.79. The quantitative estimate of drug-likeness (QED) is 0.769. The standard InChI is InChI=1S/C13H18ClN3/c14-10-1-2-11-12(9-10)16-4-3-13(11)17-7-5-15-6-8-17/h3-4,10,15H,1-2,5-9H2. The van der Waals surface area contributed by atoms with Crippen LogP contribution < -0.4 is 10.2 Å². The summed E-state index contributed by atoms with van der Waals surface area (Å²) in [5.74, 6) is 0. The van der Waals surface area contributed by atoms with Gasteiger partial charge in [-0.2, -0.15) is 0 Å². The highest BCUT2D eigenvalue weighted by molar-refractivity contribution is 6.20. The van der Waals surface area contributed by atoms with Gasteiger partial charge in [0.15, 0.2) is 0 Å². The summed E-state index contributed by atoms with van der Waals surface area (Å²) in [6.45, 7) is 4.35. The lowest BCUT2D eigenvalue weighted by molar-refractivity contribution is 0.583. The highest BCUT2D eigenvalue weighted by atomic mass is 35.5. The number of fused-ring (bicyclic) bond motifs is 1. The van der Waals surface area contributed by atoms with Gasteiger partial charge < -0.3 is 10.2 Å². The number of nitrogens with zero attached hydrogens (tertiary/aromatic N) is 2. The van der Waals surface area contributed by atoms with Gasteiger partial charge in [0.2, 0.25) is 0 Å². The van der Waals surface area contributed by atoms with Gasteiger partial charge in [0.05, 0.1) is 0 Å². The van der Waals surface area contributed by atoms with Crippen molar-refractivity contribution in [2.75, 3.05) is 31.1 Å². The number of pyridine rings is 1. The summed E-state index contributed by atoms with van der Waals surface area (Å²) >= 11 is 6.22. The average Bonchev–Trinajstić information content (AvgIpc) is 2.39. The topological polar surface area (TPSA) is 28.2 Å². The van der Waals surface area contributed by atoms with E-state index in [1.807, 2.05) is 6.20 Å². The minimum atomic E-state index is 0.272. The zero-order valence-electron chi connectivity index (χ0n) is 9.95. The van der Waals surface area contributed by atoms with E-state index in [-0.39, 0.29) is 5.38 Å². The number of hydrogen-bond acceptors (Lipinski definition) is 3. The van der Waals surface area contributed by atoms with Gasteiger partial charge in [0.1, 0.15) is 0 Å². The van der Waals surface area contributed by atoms with E-state index in [0.29, 0.717) is 0 Å². The summed E-state index contributed by atoms with van der Waals surface area (Å²) in [5.41, 5.74) is 4.04. The molecule has 1 N–H and O–H groups in total. The van der Waals surface area contributed by atoms with Crippen molar-refractivity contribution >= 4 is 17.3 Å². The van der Waals surface area contributed by atoms with Crippen molar-refractivity contribution in [3.05, 3.63) is 23.5 Å². The van der Waals surface area contributed by atoms with Crippen molar-refractivity contribution in [1.29, 1.82) is 0 Å². The maximum absolute atomic E-state index is 6.22. The van der Waals surface area contributed by atoms with Crippen LogP contribution in [0.25, 0.3) is 0 Å². The molecule has 4 heteroatoms. The monoisotopic (exact) mass is 251 g/mol. The van der Waals surface area contributed by atoms with Crippen LogP contribution in [0.1, 0.15) is 17.7 Å². The Kier molecular flexibility index (Phi) is 3.21. The van der Waals surface area contributed by atoms with E-state index >= 15 is 0 Å². The van der Waals surface area contributed by atoms with E-state index in [0.717, 1.165) is 45.4 Å². The summed E-state index contributed by atoms with van der Waals surface area (Å²) in [5, 5.41) is 3.66. The molecular formula is C13H18ClN3. The summed E-state index contributed by atoms with van der Waals surface area (Å²) in [7, 11) is 0. The van der Waals surface area contributed by atoms with Crippen LogP contribution in [0.5, 0.6) is 0 Å². The van der Waals surface area contributed by atoms with Gasteiger partial charge in [-0.15, -0.1) is 11.6 Å². The molecule has 0 saturated carbocycles. The number of aromatic nitrogens is 1. The second-order valence-corrected chi connectivity index (χ2v) is 5.45. The van der Waals surface area contributed by atoms with Gasteiger partial charge in [-0.1, -0.05) is 0 Å². The molecule has 1 aliphatic heterocycles. The number of piperazine rings is 1. The van der Waals surface area contributed by atoms with Crippen molar-refractivity contribution < 1.29 is 0 Å². The first kappa shape index (κ1) is 11.3. The van der Waals surface area contributed by atoms with Gasteiger partial charge in [0, 0.05) is 55.6 Å². The van der Waals surface area contributed by atoms with Gasteiger partial charge in [-0.05, 0) is 24.5 Å². The minimum Gasteiger partial charge on any atom is -0.369 e. The van der Waals surface area contributed by atoms with Crippen LogP contribution in [0.2, 0.25) is 0 Å². The van der Waals surface area contributed by atoms with Gasteiger partial charge in [-0.25, -0.2) is 0 Å². The second kappa shape index (κ2) is 4.83. The van der Waals surface area contributed by atoms with Crippen molar-refractivity contribution in [2.24, 2.45) is 0 Å². The van der Waals surface area contributed by atoms with Crippen molar-refractivity contribution in [3.63, 3.8) is 0 Å². The van der Waals surface area contributed by atoms with Crippen LogP contribution >= 0.6 is 11.6 Å². The first-order valence-electron chi connectivity index (χ1n) is 6.41. The summed E-state index contributed by atoms with van der Waals surface area (Å²) in [6.07, 6.45) is 5.03. The SMILES string of the molecule is ClC1CCc2c(N3CCNCC3)ccnc2C1. The zero-order chi connectivity index (χ0) is 11.7. The number of halogens is 1. The van der Waals surface area contributed by atoms with E-state index in [4.69, 9.17) is 11.6 Å². The Hall–Kier alpha value is -0.800. The fourth-order valence-corrected chi connectivity index (χ4v) is 3.04. The smallest absolute Gasteiger partial charge is 0.0470 e. The van der Waals surface area contributed by atoms with E-state index in [2.05, 4.69) is 21.3 Å². The molecule has 1 aliphatic carbocycles. The minimum absolute atomic E-state index is 0.272. The Bertz CT molecular complexity index is 402. The van der Waals surface area contributed by atoms with Crippen LogP contribution in [0, 0.1) is 0 Å². The van der Waals surface area contributed by atoms with Gasteiger partial charge >= 0.3 is 0 Å². The Labute approximate surface area is 107 Å². The Morgan fingerprint density at radius 3 is 3.00 bits per heavy atom. The molecule has 1 aromatic heterocycles. The molecule has 3 rings (SSSR count). The van der Waals surface area contributed by atoms with Gasteiger partial charge in [-0.3, -0.25) is 4.98 Å². The molecule has 3 nitrogen and oxygen atoms in total. The zero-order valence-corrected chi connectivity index (χ0v) is 10.7. The molecule has 0 aromatic carbocycles. The average molecular weight is 252 g/mol. The number of hydrogen-bond donors (Lipinski definition) is 1. The van der Waals surface area contributed by atoms with Crippen LogP contribution in [0.3, 0.4) is 0 Å². The molecule has 1 atom stereocenters. The lowest BCUT2D eigenvalue weighted by atomic mass is 9.94. The molecular weight excluding hydrogens is 234 g/mol. The number of alkyl halides is 1. The molecule has 0 spiro atoms. The normalized spacial score (nSPS) is 24.5. The van der Waals surface area contributed by atoms with Crippen molar-refractivity contribution in [2.45, 2.75) is 24.6 Å². The molecule has 2 heterocycles. The second-order valence-electron chi connectivity index (χ2n) is 4.83. The molecule has 0 bridgehead atoms.